The van der Waals surface area contributed by atoms with E-state index in [1.54, 1.807) is 11.8 Å². The zero-order valence-electron chi connectivity index (χ0n) is 8.50. The van der Waals surface area contributed by atoms with Gasteiger partial charge >= 0.3 is 0 Å². The van der Waals surface area contributed by atoms with E-state index in [4.69, 9.17) is 4.42 Å². The highest BCUT2D eigenvalue weighted by molar-refractivity contribution is 7.99. The third kappa shape index (κ3) is 4.38. The molecule has 1 rings (SSSR count). The van der Waals surface area contributed by atoms with E-state index >= 15 is 0 Å². The first-order valence-corrected chi connectivity index (χ1v) is 6.77. The van der Waals surface area contributed by atoms with Crippen LogP contribution in [0.1, 0.15) is 19.2 Å². The third-order valence-corrected chi connectivity index (χ3v) is 3.15. The highest BCUT2D eigenvalue weighted by Gasteiger charge is 2.27. The fraction of sp³-hybridized carbons (Fsp3) is 0.750. The van der Waals surface area contributed by atoms with E-state index in [9.17, 15) is 8.78 Å². The summed E-state index contributed by atoms with van der Waals surface area (Å²) in [6, 6.07) is 0. The van der Waals surface area contributed by atoms with Crippen LogP contribution in [0, 0.1) is 0 Å². The van der Waals surface area contributed by atoms with Crippen molar-refractivity contribution in [1.29, 1.82) is 0 Å². The molecule has 1 aromatic heterocycles. The molecule has 7 heteroatoms. The first-order valence-electron chi connectivity index (χ1n) is 4.39. The molecule has 0 bridgehead atoms. The summed E-state index contributed by atoms with van der Waals surface area (Å²) in [5.74, 6) is -1.90. The van der Waals surface area contributed by atoms with Crippen LogP contribution in [-0.2, 0) is 5.75 Å². The molecule has 0 amide bonds. The van der Waals surface area contributed by atoms with Crippen molar-refractivity contribution in [2.75, 3.05) is 12.0 Å². The Labute approximate surface area is 95.4 Å². The minimum atomic E-state index is -2.67. The summed E-state index contributed by atoms with van der Waals surface area (Å²) in [5, 5.41) is 7.62. The van der Waals surface area contributed by atoms with Gasteiger partial charge in [-0.1, -0.05) is 18.7 Å². The van der Waals surface area contributed by atoms with Crippen LogP contribution < -0.4 is 0 Å². The van der Waals surface area contributed by atoms with Gasteiger partial charge in [-0.2, -0.15) is 11.8 Å². The number of thioether (sulfide) groups is 2. The molecule has 0 aliphatic heterocycles. The first kappa shape index (κ1) is 12.8. The monoisotopic (exact) mass is 254 g/mol. The molecule has 3 nitrogen and oxygen atoms in total. The van der Waals surface area contributed by atoms with Gasteiger partial charge in [-0.3, -0.25) is 0 Å². The third-order valence-electron chi connectivity index (χ3n) is 1.64. The Bertz CT molecular complexity index is 307. The van der Waals surface area contributed by atoms with Gasteiger partial charge in [0.05, 0.1) is 11.5 Å². The normalized spacial score (nSPS) is 12.0. The quantitative estimate of drug-likeness (QED) is 0.729. The fourth-order valence-electron chi connectivity index (χ4n) is 0.748. The zero-order valence-corrected chi connectivity index (χ0v) is 10.1. The molecule has 0 aliphatic rings. The SMILES string of the molecule is CCC(F)(F)CSc1nnc(CSC)o1. The number of alkyl halides is 2. The van der Waals surface area contributed by atoms with Crippen molar-refractivity contribution < 1.29 is 13.2 Å². The van der Waals surface area contributed by atoms with Crippen LogP contribution in [0.25, 0.3) is 0 Å². The molecule has 0 aliphatic carbocycles. The van der Waals surface area contributed by atoms with Gasteiger partial charge in [0, 0.05) is 6.42 Å². The largest absolute Gasteiger partial charge is 0.415 e. The molecule has 0 fully saturated rings. The van der Waals surface area contributed by atoms with Crippen LogP contribution in [0.3, 0.4) is 0 Å². The minimum absolute atomic E-state index is 0.175. The van der Waals surface area contributed by atoms with Crippen molar-refractivity contribution in [3.8, 4) is 0 Å². The van der Waals surface area contributed by atoms with E-state index in [0.717, 1.165) is 11.8 Å². The molecule has 1 aromatic rings. The summed E-state index contributed by atoms with van der Waals surface area (Å²) in [7, 11) is 0. The number of hydrogen-bond donors (Lipinski definition) is 0. The molecule has 0 saturated heterocycles. The minimum Gasteiger partial charge on any atom is -0.415 e. The van der Waals surface area contributed by atoms with Crippen LogP contribution in [0.2, 0.25) is 0 Å². The van der Waals surface area contributed by atoms with Crippen LogP contribution >= 0.6 is 23.5 Å². The fourth-order valence-corrected chi connectivity index (χ4v) is 1.90. The summed E-state index contributed by atoms with van der Waals surface area (Å²) < 4.78 is 30.9. The average molecular weight is 254 g/mol. The molecule has 86 valence electrons. The molecule has 0 atom stereocenters. The lowest BCUT2D eigenvalue weighted by Crippen LogP contribution is -2.17. The van der Waals surface area contributed by atoms with Crippen molar-refractivity contribution in [3.63, 3.8) is 0 Å². The number of aromatic nitrogens is 2. The first-order chi connectivity index (χ1) is 7.07. The lowest BCUT2D eigenvalue weighted by molar-refractivity contribution is 0.0233. The number of halogens is 2. The number of rotatable bonds is 6. The smallest absolute Gasteiger partial charge is 0.276 e. The van der Waals surface area contributed by atoms with E-state index < -0.39 is 5.92 Å². The molecular weight excluding hydrogens is 242 g/mol. The Morgan fingerprint density at radius 3 is 2.73 bits per heavy atom. The van der Waals surface area contributed by atoms with Gasteiger partial charge in [-0.25, -0.2) is 8.78 Å². The van der Waals surface area contributed by atoms with Gasteiger partial charge in [0.25, 0.3) is 11.1 Å². The molecular formula is C8H12F2N2OS2. The second-order valence-electron chi connectivity index (χ2n) is 2.89. The predicted octanol–water partition coefficient (Wildman–Crippen LogP) is 3.07. The summed E-state index contributed by atoms with van der Waals surface area (Å²) in [5.41, 5.74) is 0. The Morgan fingerprint density at radius 1 is 1.40 bits per heavy atom. The van der Waals surface area contributed by atoms with Crippen molar-refractivity contribution >= 4 is 23.5 Å². The second kappa shape index (κ2) is 5.69. The standard InChI is InChI=1S/C8H12F2N2OS2/c1-3-8(9,10)5-15-7-12-11-6(13-7)4-14-2/h3-5H2,1-2H3. The predicted molar refractivity (Wildman–Crippen MR) is 57.5 cm³/mol. The topological polar surface area (TPSA) is 38.9 Å². The molecule has 0 N–H and O–H groups in total. The average Bonchev–Trinajstić information content (AvgIpc) is 2.64. The van der Waals surface area contributed by atoms with E-state index in [0.29, 0.717) is 11.6 Å². The molecule has 0 aromatic carbocycles. The maximum absolute atomic E-state index is 12.9. The van der Waals surface area contributed by atoms with E-state index in [-0.39, 0.29) is 17.4 Å². The van der Waals surface area contributed by atoms with Gasteiger partial charge in [0.2, 0.25) is 5.89 Å². The molecule has 0 saturated carbocycles. The second-order valence-corrected chi connectivity index (χ2v) is 4.69. The van der Waals surface area contributed by atoms with Gasteiger partial charge < -0.3 is 4.42 Å². The van der Waals surface area contributed by atoms with Crippen LogP contribution in [0.5, 0.6) is 0 Å². The maximum atomic E-state index is 12.9. The van der Waals surface area contributed by atoms with Gasteiger partial charge in [-0.05, 0) is 6.26 Å². The van der Waals surface area contributed by atoms with Crippen molar-refractivity contribution in [2.45, 2.75) is 30.2 Å². The van der Waals surface area contributed by atoms with Gasteiger partial charge in [0.1, 0.15) is 0 Å². The van der Waals surface area contributed by atoms with Crippen LogP contribution in [0.15, 0.2) is 9.64 Å². The molecule has 0 spiro atoms. The lowest BCUT2D eigenvalue weighted by Gasteiger charge is -2.10. The van der Waals surface area contributed by atoms with Crippen LogP contribution in [-0.4, -0.2) is 28.1 Å². The Morgan fingerprint density at radius 2 is 2.13 bits per heavy atom. The Hall–Kier alpha value is -0.300. The van der Waals surface area contributed by atoms with Crippen molar-refractivity contribution in [2.24, 2.45) is 0 Å². The molecule has 1 heterocycles. The summed E-state index contributed by atoms with van der Waals surface area (Å²) in [4.78, 5) is 0. The Kier molecular flexibility index (Phi) is 4.85. The van der Waals surface area contributed by atoms with Gasteiger partial charge in [-0.15, -0.1) is 10.2 Å². The summed E-state index contributed by atoms with van der Waals surface area (Å²) >= 11 is 2.44. The summed E-state index contributed by atoms with van der Waals surface area (Å²) in [6.45, 7) is 1.45. The zero-order chi connectivity index (χ0) is 11.3. The number of hydrogen-bond acceptors (Lipinski definition) is 5. The highest BCUT2D eigenvalue weighted by atomic mass is 32.2. The van der Waals surface area contributed by atoms with E-state index in [2.05, 4.69) is 10.2 Å². The van der Waals surface area contributed by atoms with E-state index in [1.165, 1.54) is 6.92 Å². The molecule has 15 heavy (non-hydrogen) atoms. The molecule has 0 unspecified atom stereocenters. The molecule has 0 radical (unpaired) electrons. The van der Waals surface area contributed by atoms with E-state index in [1.807, 2.05) is 6.26 Å². The number of nitrogens with zero attached hydrogens (tertiary/aromatic N) is 2. The van der Waals surface area contributed by atoms with Crippen molar-refractivity contribution in [1.82, 2.24) is 10.2 Å². The summed E-state index contributed by atoms with van der Waals surface area (Å²) in [6.07, 6.45) is 1.73. The Balaban J connectivity index is 2.44. The maximum Gasteiger partial charge on any atom is 0.276 e. The lowest BCUT2D eigenvalue weighted by atomic mass is 10.3. The van der Waals surface area contributed by atoms with Crippen LogP contribution in [0.4, 0.5) is 8.78 Å². The van der Waals surface area contributed by atoms with Gasteiger partial charge in [0.15, 0.2) is 0 Å². The highest BCUT2D eigenvalue weighted by Crippen LogP contribution is 2.27. The van der Waals surface area contributed by atoms with Crippen molar-refractivity contribution in [3.05, 3.63) is 5.89 Å².